The fourth-order valence-corrected chi connectivity index (χ4v) is 2.04. The van der Waals surface area contributed by atoms with Crippen LogP contribution in [0.3, 0.4) is 0 Å². The number of anilines is 1. The molecule has 19 heavy (non-hydrogen) atoms. The Morgan fingerprint density at radius 3 is 2.58 bits per heavy atom. The Hall–Kier alpha value is -2.48. The van der Waals surface area contributed by atoms with Gasteiger partial charge in [0.1, 0.15) is 11.5 Å². The minimum Gasteiger partial charge on any atom is -0.457 e. The molecule has 3 rings (SSSR count). The summed E-state index contributed by atoms with van der Waals surface area (Å²) < 4.78 is 5.83. The molecule has 0 radical (unpaired) electrons. The second-order valence-corrected chi connectivity index (χ2v) is 4.52. The largest absolute Gasteiger partial charge is 0.457 e. The van der Waals surface area contributed by atoms with E-state index in [4.69, 9.17) is 10.5 Å². The summed E-state index contributed by atoms with van der Waals surface area (Å²) in [6.45, 7) is 0. The molecule has 1 heterocycles. The van der Waals surface area contributed by atoms with E-state index in [1.807, 2.05) is 54.6 Å². The highest BCUT2D eigenvalue weighted by Gasteiger charge is 2.09. The van der Waals surface area contributed by atoms with Crippen LogP contribution in [0.15, 0.2) is 66.4 Å². The van der Waals surface area contributed by atoms with Crippen molar-refractivity contribution in [1.29, 1.82) is 0 Å². The van der Waals surface area contributed by atoms with Crippen molar-refractivity contribution in [3.63, 3.8) is 0 Å². The zero-order chi connectivity index (χ0) is 13.1. The maximum Gasteiger partial charge on any atom is 0.130 e. The Morgan fingerprint density at radius 2 is 1.74 bits per heavy atom. The molecule has 0 bridgehead atoms. The third-order valence-corrected chi connectivity index (χ3v) is 3.10. The molecular formula is C17H15NO. The summed E-state index contributed by atoms with van der Waals surface area (Å²) >= 11 is 0. The Morgan fingerprint density at radius 1 is 0.947 bits per heavy atom. The molecule has 0 amide bonds. The number of hydrogen-bond donors (Lipinski definition) is 1. The van der Waals surface area contributed by atoms with Gasteiger partial charge in [-0.2, -0.15) is 0 Å². The van der Waals surface area contributed by atoms with Crippen molar-refractivity contribution in [3.05, 3.63) is 77.6 Å². The first-order chi connectivity index (χ1) is 9.31. The highest BCUT2D eigenvalue weighted by Crippen LogP contribution is 2.26. The number of ether oxygens (including phenoxy) is 1. The Labute approximate surface area is 112 Å². The molecular weight excluding hydrogens is 234 g/mol. The van der Waals surface area contributed by atoms with Crippen molar-refractivity contribution in [2.24, 2.45) is 0 Å². The predicted octanol–water partition coefficient (Wildman–Crippen LogP) is 3.80. The molecule has 0 aromatic heterocycles. The molecule has 0 saturated heterocycles. The summed E-state index contributed by atoms with van der Waals surface area (Å²) in [6.07, 6.45) is 7.02. The molecule has 0 spiro atoms. The molecule has 2 aromatic carbocycles. The van der Waals surface area contributed by atoms with Crippen LogP contribution in [-0.2, 0) is 6.42 Å². The molecule has 94 valence electrons. The number of hydrogen-bond acceptors (Lipinski definition) is 2. The predicted molar refractivity (Wildman–Crippen MR) is 78.7 cm³/mol. The van der Waals surface area contributed by atoms with Crippen molar-refractivity contribution in [2.75, 3.05) is 5.73 Å². The van der Waals surface area contributed by atoms with Gasteiger partial charge in [-0.15, -0.1) is 0 Å². The van der Waals surface area contributed by atoms with Gasteiger partial charge in [-0.25, -0.2) is 0 Å². The Balaban J connectivity index is 1.75. The van der Waals surface area contributed by atoms with Gasteiger partial charge in [0.25, 0.3) is 0 Å². The van der Waals surface area contributed by atoms with E-state index in [1.54, 1.807) is 0 Å². The lowest BCUT2D eigenvalue weighted by molar-refractivity contribution is 0.429. The molecule has 1 aliphatic heterocycles. The van der Waals surface area contributed by atoms with Crippen LogP contribution in [-0.4, -0.2) is 0 Å². The third kappa shape index (κ3) is 2.68. The van der Waals surface area contributed by atoms with E-state index in [2.05, 4.69) is 12.1 Å². The van der Waals surface area contributed by atoms with Crippen LogP contribution in [0.25, 0.3) is 6.08 Å². The second kappa shape index (κ2) is 5.02. The van der Waals surface area contributed by atoms with Crippen molar-refractivity contribution < 1.29 is 4.74 Å². The highest BCUT2D eigenvalue weighted by atomic mass is 16.5. The summed E-state index contributed by atoms with van der Waals surface area (Å²) in [5.41, 5.74) is 8.77. The van der Waals surface area contributed by atoms with Crippen LogP contribution in [0.4, 0.5) is 5.69 Å². The molecule has 2 N–H and O–H groups in total. The van der Waals surface area contributed by atoms with Gasteiger partial charge in [-0.3, -0.25) is 0 Å². The molecule has 0 saturated carbocycles. The van der Waals surface area contributed by atoms with Crippen LogP contribution in [0.5, 0.6) is 5.75 Å². The van der Waals surface area contributed by atoms with E-state index < -0.39 is 0 Å². The van der Waals surface area contributed by atoms with Crippen molar-refractivity contribution in [2.45, 2.75) is 6.42 Å². The van der Waals surface area contributed by atoms with Crippen LogP contribution in [0.2, 0.25) is 0 Å². The normalized spacial score (nSPS) is 13.8. The fourth-order valence-electron chi connectivity index (χ4n) is 2.04. The number of rotatable bonds is 2. The minimum atomic E-state index is 0.777. The summed E-state index contributed by atoms with van der Waals surface area (Å²) in [4.78, 5) is 0. The summed E-state index contributed by atoms with van der Waals surface area (Å²) in [5, 5.41) is 0. The molecule has 0 unspecified atom stereocenters. The number of nitrogen functional groups attached to an aromatic ring is 1. The lowest BCUT2D eigenvalue weighted by atomic mass is 10.1. The Bertz CT molecular complexity index is 639. The first kappa shape index (κ1) is 11.6. The standard InChI is InChI=1S/C17H15NO/c18-15-9-5-13(6-10-15)7-11-16-12-8-14-3-1-2-4-17(14)19-16/h1-7,9-12H,8,18H2. The van der Waals surface area contributed by atoms with Crippen LogP contribution >= 0.6 is 0 Å². The van der Waals surface area contributed by atoms with Gasteiger partial charge in [0, 0.05) is 5.69 Å². The maximum absolute atomic E-state index is 5.83. The zero-order valence-electron chi connectivity index (χ0n) is 10.5. The van der Waals surface area contributed by atoms with Gasteiger partial charge in [0.15, 0.2) is 0 Å². The number of para-hydroxylation sites is 1. The topological polar surface area (TPSA) is 35.2 Å². The van der Waals surface area contributed by atoms with E-state index in [-0.39, 0.29) is 0 Å². The van der Waals surface area contributed by atoms with Gasteiger partial charge < -0.3 is 10.5 Å². The van der Waals surface area contributed by atoms with Crippen LogP contribution in [0.1, 0.15) is 11.1 Å². The maximum atomic E-state index is 5.83. The average molecular weight is 249 g/mol. The number of benzene rings is 2. The van der Waals surface area contributed by atoms with Gasteiger partial charge in [0.2, 0.25) is 0 Å². The van der Waals surface area contributed by atoms with Gasteiger partial charge in [0.05, 0.1) is 0 Å². The minimum absolute atomic E-state index is 0.777. The summed E-state index contributed by atoms with van der Waals surface area (Å²) in [5.74, 6) is 1.83. The van der Waals surface area contributed by atoms with Gasteiger partial charge >= 0.3 is 0 Å². The van der Waals surface area contributed by atoms with E-state index in [9.17, 15) is 0 Å². The highest BCUT2D eigenvalue weighted by molar-refractivity contribution is 5.56. The van der Waals surface area contributed by atoms with E-state index >= 15 is 0 Å². The Kier molecular flexibility index (Phi) is 3.07. The molecule has 1 aliphatic rings. The van der Waals surface area contributed by atoms with E-state index in [0.717, 1.165) is 29.2 Å². The smallest absolute Gasteiger partial charge is 0.130 e. The quantitative estimate of drug-likeness (QED) is 0.821. The monoisotopic (exact) mass is 249 g/mol. The molecule has 0 aliphatic carbocycles. The second-order valence-electron chi connectivity index (χ2n) is 4.52. The third-order valence-electron chi connectivity index (χ3n) is 3.10. The number of allylic oxidation sites excluding steroid dienone is 2. The molecule has 2 nitrogen and oxygen atoms in total. The van der Waals surface area contributed by atoms with Crippen molar-refractivity contribution in [1.82, 2.24) is 0 Å². The number of fused-ring (bicyclic) bond motifs is 1. The van der Waals surface area contributed by atoms with Crippen molar-refractivity contribution >= 4 is 11.8 Å². The first-order valence-corrected chi connectivity index (χ1v) is 6.31. The average Bonchev–Trinajstić information content (AvgIpc) is 2.46. The lowest BCUT2D eigenvalue weighted by Crippen LogP contribution is -2.02. The molecule has 2 aromatic rings. The van der Waals surface area contributed by atoms with Crippen LogP contribution in [0, 0.1) is 0 Å². The number of nitrogens with two attached hydrogens (primary N) is 1. The van der Waals surface area contributed by atoms with Gasteiger partial charge in [-0.1, -0.05) is 36.4 Å². The first-order valence-electron chi connectivity index (χ1n) is 6.31. The van der Waals surface area contributed by atoms with E-state index in [1.165, 1.54) is 5.56 Å². The molecule has 0 fully saturated rings. The summed E-state index contributed by atoms with van der Waals surface area (Å²) in [6, 6.07) is 15.9. The van der Waals surface area contributed by atoms with Crippen LogP contribution < -0.4 is 10.5 Å². The van der Waals surface area contributed by atoms with Gasteiger partial charge in [-0.05, 0) is 47.9 Å². The fraction of sp³-hybridized carbons (Fsp3) is 0.0588. The molecule has 2 heteroatoms. The summed E-state index contributed by atoms with van der Waals surface area (Å²) in [7, 11) is 0. The van der Waals surface area contributed by atoms with Crippen molar-refractivity contribution in [3.8, 4) is 5.75 Å². The molecule has 0 atom stereocenters. The SMILES string of the molecule is Nc1ccc(C=CC2=CCc3ccccc3O2)cc1. The lowest BCUT2D eigenvalue weighted by Gasteiger charge is -2.15. The van der Waals surface area contributed by atoms with E-state index in [0.29, 0.717) is 0 Å². The zero-order valence-corrected chi connectivity index (χ0v) is 10.5.